The van der Waals surface area contributed by atoms with E-state index in [2.05, 4.69) is 24.8 Å². The van der Waals surface area contributed by atoms with Crippen LogP contribution in [0.4, 0.5) is 5.69 Å². The maximum Gasteiger partial charge on any atom is 0.241 e. The van der Waals surface area contributed by atoms with Crippen LogP contribution >= 0.6 is 0 Å². The Bertz CT molecular complexity index is 739. The van der Waals surface area contributed by atoms with Crippen molar-refractivity contribution in [2.75, 3.05) is 23.0 Å². The van der Waals surface area contributed by atoms with Crippen LogP contribution in [0.15, 0.2) is 18.2 Å². The maximum absolute atomic E-state index is 12.9. The van der Waals surface area contributed by atoms with Crippen LogP contribution in [-0.2, 0) is 14.6 Å². The zero-order valence-corrected chi connectivity index (χ0v) is 15.6. The smallest absolute Gasteiger partial charge is 0.241 e. The molecule has 3 rings (SSSR count). The third kappa shape index (κ3) is 3.09. The number of nitrogens with zero attached hydrogens (tertiary/aromatic N) is 2. The molecule has 1 aromatic rings. The molecule has 0 aromatic heterocycles. The predicted octanol–water partition coefficient (Wildman–Crippen LogP) is 1.92. The molecule has 0 bridgehead atoms. The van der Waals surface area contributed by atoms with E-state index in [0.29, 0.717) is 6.54 Å². The molecule has 24 heavy (non-hydrogen) atoms. The molecule has 0 aliphatic carbocycles. The van der Waals surface area contributed by atoms with Crippen molar-refractivity contribution in [3.63, 3.8) is 0 Å². The van der Waals surface area contributed by atoms with Crippen LogP contribution < -0.4 is 4.90 Å². The molecule has 3 atom stereocenters. The third-order valence-electron chi connectivity index (χ3n) is 5.28. The SMILES string of the molecule is CC[C@@H](C)N1CC(=O)N(c2cc(C)cc(C)c2)[C@@H]2CS(=O)(=O)C[C@@H]21. The standard InChI is InChI=1S/C18H26N2O3S/c1-5-14(4)19-9-18(21)20(15-7-12(2)6-13(3)8-15)17-11-24(22,23)10-16(17)19/h6-8,14,16-17H,5,9-11H2,1-4H3/t14-,16+,17-/m1/s1. The molecular formula is C18H26N2O3S. The van der Waals surface area contributed by atoms with Gasteiger partial charge in [-0.2, -0.15) is 0 Å². The largest absolute Gasteiger partial charge is 0.306 e. The first-order valence-corrected chi connectivity index (χ1v) is 10.4. The van der Waals surface area contributed by atoms with Crippen LogP contribution in [0, 0.1) is 13.8 Å². The van der Waals surface area contributed by atoms with Crippen molar-refractivity contribution in [1.82, 2.24) is 4.90 Å². The average molecular weight is 350 g/mol. The highest BCUT2D eigenvalue weighted by Crippen LogP contribution is 2.33. The van der Waals surface area contributed by atoms with Crippen molar-refractivity contribution in [2.45, 2.75) is 52.2 Å². The van der Waals surface area contributed by atoms with Gasteiger partial charge in [0.2, 0.25) is 5.91 Å². The number of rotatable bonds is 3. The van der Waals surface area contributed by atoms with Crippen molar-refractivity contribution in [1.29, 1.82) is 0 Å². The summed E-state index contributed by atoms with van der Waals surface area (Å²) in [6, 6.07) is 5.83. The Morgan fingerprint density at radius 2 is 1.71 bits per heavy atom. The first-order valence-electron chi connectivity index (χ1n) is 8.58. The van der Waals surface area contributed by atoms with Gasteiger partial charge in [-0.05, 0) is 50.5 Å². The normalized spacial score (nSPS) is 28.0. The fourth-order valence-electron chi connectivity index (χ4n) is 4.05. The van der Waals surface area contributed by atoms with E-state index in [4.69, 9.17) is 0 Å². The summed E-state index contributed by atoms with van der Waals surface area (Å²) in [6.45, 7) is 8.43. The van der Waals surface area contributed by atoms with Crippen LogP contribution in [0.25, 0.3) is 0 Å². The molecule has 132 valence electrons. The molecule has 2 aliphatic heterocycles. The topological polar surface area (TPSA) is 57.7 Å². The van der Waals surface area contributed by atoms with Gasteiger partial charge in [-0.1, -0.05) is 13.0 Å². The highest BCUT2D eigenvalue weighted by Gasteiger charge is 2.50. The number of hydrogen-bond donors (Lipinski definition) is 0. The Labute approximate surface area is 144 Å². The summed E-state index contributed by atoms with van der Waals surface area (Å²) in [7, 11) is -3.12. The number of carbonyl (C=O) groups excluding carboxylic acids is 1. The van der Waals surface area contributed by atoms with Crippen molar-refractivity contribution < 1.29 is 13.2 Å². The van der Waals surface area contributed by atoms with Crippen molar-refractivity contribution in [3.8, 4) is 0 Å². The van der Waals surface area contributed by atoms with Crippen LogP contribution in [0.2, 0.25) is 0 Å². The fourth-order valence-corrected chi connectivity index (χ4v) is 6.01. The van der Waals surface area contributed by atoms with E-state index in [1.807, 2.05) is 26.0 Å². The van der Waals surface area contributed by atoms with Gasteiger partial charge in [0, 0.05) is 17.8 Å². The van der Waals surface area contributed by atoms with Gasteiger partial charge in [0.1, 0.15) is 0 Å². The van der Waals surface area contributed by atoms with Crippen LogP contribution in [0.5, 0.6) is 0 Å². The molecule has 2 fully saturated rings. The van der Waals surface area contributed by atoms with Crippen LogP contribution in [-0.4, -0.2) is 55.4 Å². The number of carbonyl (C=O) groups is 1. The van der Waals surface area contributed by atoms with Crippen LogP contribution in [0.3, 0.4) is 0 Å². The summed E-state index contributed by atoms with van der Waals surface area (Å²) in [5.41, 5.74) is 2.99. The summed E-state index contributed by atoms with van der Waals surface area (Å²) >= 11 is 0. The van der Waals surface area contributed by atoms with E-state index < -0.39 is 9.84 Å². The summed E-state index contributed by atoms with van der Waals surface area (Å²) < 4.78 is 24.6. The molecule has 0 saturated carbocycles. The first kappa shape index (κ1) is 17.4. The Morgan fingerprint density at radius 3 is 2.29 bits per heavy atom. The molecular weight excluding hydrogens is 324 g/mol. The van der Waals surface area contributed by atoms with Gasteiger partial charge >= 0.3 is 0 Å². The molecule has 0 N–H and O–H groups in total. The molecule has 0 unspecified atom stereocenters. The molecule has 0 spiro atoms. The second-order valence-corrected chi connectivity index (χ2v) is 9.40. The highest BCUT2D eigenvalue weighted by atomic mass is 32.2. The number of benzene rings is 1. The number of amides is 1. The lowest BCUT2D eigenvalue weighted by molar-refractivity contribution is -0.124. The van der Waals surface area contributed by atoms with E-state index in [-0.39, 0.29) is 35.5 Å². The number of sulfone groups is 1. The van der Waals surface area contributed by atoms with Gasteiger partial charge in [0.25, 0.3) is 0 Å². The molecule has 5 nitrogen and oxygen atoms in total. The minimum atomic E-state index is -3.12. The lowest BCUT2D eigenvalue weighted by Crippen LogP contribution is -2.63. The molecule has 2 heterocycles. The Balaban J connectivity index is 2.04. The zero-order valence-electron chi connectivity index (χ0n) is 14.8. The van der Waals surface area contributed by atoms with Crippen LogP contribution in [0.1, 0.15) is 31.4 Å². The predicted molar refractivity (Wildman–Crippen MR) is 96.1 cm³/mol. The van der Waals surface area contributed by atoms with Crippen molar-refractivity contribution in [3.05, 3.63) is 29.3 Å². The molecule has 0 radical (unpaired) electrons. The van der Waals surface area contributed by atoms with E-state index in [1.165, 1.54) is 0 Å². The fraction of sp³-hybridized carbons (Fsp3) is 0.611. The van der Waals surface area contributed by atoms with Gasteiger partial charge in [-0.15, -0.1) is 0 Å². The lowest BCUT2D eigenvalue weighted by Gasteiger charge is -2.45. The van der Waals surface area contributed by atoms with Gasteiger partial charge in [0.05, 0.1) is 24.1 Å². The molecule has 6 heteroatoms. The lowest BCUT2D eigenvalue weighted by atomic mass is 9.99. The van der Waals surface area contributed by atoms with E-state index >= 15 is 0 Å². The van der Waals surface area contributed by atoms with Gasteiger partial charge in [0.15, 0.2) is 9.84 Å². The number of hydrogen-bond acceptors (Lipinski definition) is 4. The number of piperazine rings is 1. The van der Waals surface area contributed by atoms with E-state index in [9.17, 15) is 13.2 Å². The first-order chi connectivity index (χ1) is 11.2. The summed E-state index contributed by atoms with van der Waals surface area (Å²) in [5.74, 6) is 0.207. The Hall–Kier alpha value is -1.40. The molecule has 1 amide bonds. The minimum absolute atomic E-state index is 0.00125. The van der Waals surface area contributed by atoms with Crippen molar-refractivity contribution >= 4 is 21.4 Å². The number of anilines is 1. The average Bonchev–Trinajstić information content (AvgIpc) is 2.79. The van der Waals surface area contributed by atoms with Gasteiger partial charge in [-0.25, -0.2) is 8.42 Å². The third-order valence-corrected chi connectivity index (χ3v) is 6.98. The van der Waals surface area contributed by atoms with Crippen molar-refractivity contribution in [2.24, 2.45) is 0 Å². The zero-order chi connectivity index (χ0) is 17.6. The summed E-state index contributed by atoms with van der Waals surface area (Å²) in [5, 5.41) is 0. The monoisotopic (exact) mass is 350 g/mol. The molecule has 1 aromatic carbocycles. The van der Waals surface area contributed by atoms with E-state index in [0.717, 1.165) is 23.2 Å². The Kier molecular flexibility index (Phi) is 4.47. The number of fused-ring (bicyclic) bond motifs is 1. The Morgan fingerprint density at radius 1 is 1.12 bits per heavy atom. The second kappa shape index (κ2) is 6.15. The summed E-state index contributed by atoms with van der Waals surface area (Å²) in [6.07, 6.45) is 0.903. The minimum Gasteiger partial charge on any atom is -0.306 e. The second-order valence-electron chi connectivity index (χ2n) is 7.25. The number of aryl methyl sites for hydroxylation is 2. The van der Waals surface area contributed by atoms with Gasteiger partial charge in [-0.3, -0.25) is 9.69 Å². The van der Waals surface area contributed by atoms with E-state index in [1.54, 1.807) is 4.90 Å². The summed E-state index contributed by atoms with van der Waals surface area (Å²) in [4.78, 5) is 16.7. The quantitative estimate of drug-likeness (QED) is 0.836. The molecule has 2 saturated heterocycles. The highest BCUT2D eigenvalue weighted by molar-refractivity contribution is 7.91. The maximum atomic E-state index is 12.9. The molecule has 2 aliphatic rings. The van der Waals surface area contributed by atoms with Gasteiger partial charge < -0.3 is 4.90 Å².